The molecule has 3 aromatic rings. The van der Waals surface area contributed by atoms with Crippen molar-refractivity contribution in [2.45, 2.75) is 6.92 Å². The summed E-state index contributed by atoms with van der Waals surface area (Å²) in [5, 5.41) is 12.1. The second-order valence-electron chi connectivity index (χ2n) is 5.86. The van der Waals surface area contributed by atoms with Crippen molar-refractivity contribution in [2.75, 3.05) is 21.3 Å². The second-order valence-corrected chi connectivity index (χ2v) is 5.86. The van der Waals surface area contributed by atoms with E-state index in [1.807, 2.05) is 36.4 Å². The van der Waals surface area contributed by atoms with E-state index in [-0.39, 0.29) is 11.3 Å². The first-order valence-electron chi connectivity index (χ1n) is 8.07. The Morgan fingerprint density at radius 1 is 0.885 bits per heavy atom. The van der Waals surface area contributed by atoms with Crippen LogP contribution in [0.5, 0.6) is 17.2 Å². The topological polar surface area (TPSA) is 65.0 Å². The number of fused-ring (bicyclic) bond motifs is 1. The zero-order valence-electron chi connectivity index (χ0n) is 15.1. The van der Waals surface area contributed by atoms with Gasteiger partial charge in [0.15, 0.2) is 0 Å². The number of methoxy groups -OCH3 is 3. The van der Waals surface area contributed by atoms with Crippen molar-refractivity contribution in [3.8, 4) is 28.4 Å². The molecule has 0 bridgehead atoms. The van der Waals surface area contributed by atoms with Crippen LogP contribution in [0.4, 0.5) is 0 Å². The highest BCUT2D eigenvalue weighted by atomic mass is 16.5. The van der Waals surface area contributed by atoms with Gasteiger partial charge in [-0.25, -0.2) is 4.79 Å². The van der Waals surface area contributed by atoms with Gasteiger partial charge in [-0.2, -0.15) is 0 Å². The zero-order chi connectivity index (χ0) is 18.8. The van der Waals surface area contributed by atoms with Gasteiger partial charge in [0, 0.05) is 5.39 Å². The van der Waals surface area contributed by atoms with Crippen LogP contribution >= 0.6 is 0 Å². The van der Waals surface area contributed by atoms with E-state index >= 15 is 0 Å². The quantitative estimate of drug-likeness (QED) is 0.708. The lowest BCUT2D eigenvalue weighted by molar-refractivity contribution is 0.0597. The molecule has 0 aliphatic rings. The van der Waals surface area contributed by atoms with Crippen LogP contribution in [0.25, 0.3) is 21.9 Å². The van der Waals surface area contributed by atoms with E-state index in [0.717, 1.165) is 22.3 Å². The Bertz CT molecular complexity index is 974. The molecule has 0 atom stereocenters. The number of phenols is 1. The Morgan fingerprint density at radius 2 is 1.50 bits per heavy atom. The molecule has 0 unspecified atom stereocenters. The van der Waals surface area contributed by atoms with Crippen LogP contribution in [0.2, 0.25) is 0 Å². The van der Waals surface area contributed by atoms with Gasteiger partial charge >= 0.3 is 5.97 Å². The third-order valence-corrected chi connectivity index (χ3v) is 4.51. The fourth-order valence-corrected chi connectivity index (χ4v) is 3.19. The molecule has 26 heavy (non-hydrogen) atoms. The molecule has 0 amide bonds. The summed E-state index contributed by atoms with van der Waals surface area (Å²) in [6.45, 7) is 1.80. The molecule has 0 fully saturated rings. The van der Waals surface area contributed by atoms with E-state index in [1.54, 1.807) is 27.2 Å². The van der Waals surface area contributed by atoms with Crippen LogP contribution < -0.4 is 9.47 Å². The maximum atomic E-state index is 12.3. The van der Waals surface area contributed by atoms with Crippen molar-refractivity contribution in [3.05, 3.63) is 53.6 Å². The third kappa shape index (κ3) is 2.81. The Morgan fingerprint density at radius 3 is 2.08 bits per heavy atom. The molecule has 0 radical (unpaired) electrons. The second kappa shape index (κ2) is 6.96. The SMILES string of the molecule is COC(=O)c1c(C)c(-c2ccc(OC)cc2)c2ccc(OC)cc2c1O. The number of esters is 1. The van der Waals surface area contributed by atoms with Gasteiger partial charge in [0.2, 0.25) is 0 Å². The molecule has 0 saturated heterocycles. The zero-order valence-corrected chi connectivity index (χ0v) is 15.1. The van der Waals surface area contributed by atoms with Gasteiger partial charge in [-0.05, 0) is 59.3 Å². The summed E-state index contributed by atoms with van der Waals surface area (Å²) in [6, 6.07) is 13.0. The van der Waals surface area contributed by atoms with Crippen LogP contribution in [0.15, 0.2) is 42.5 Å². The Labute approximate surface area is 151 Å². The van der Waals surface area contributed by atoms with Crippen LogP contribution in [0.3, 0.4) is 0 Å². The number of aromatic hydroxyl groups is 1. The summed E-state index contributed by atoms with van der Waals surface area (Å²) in [5.74, 6) is 0.637. The first-order chi connectivity index (χ1) is 12.5. The number of phenolic OH excluding ortho intramolecular Hbond substituents is 1. The maximum Gasteiger partial charge on any atom is 0.341 e. The van der Waals surface area contributed by atoms with Gasteiger partial charge < -0.3 is 19.3 Å². The number of ether oxygens (including phenoxy) is 3. The minimum atomic E-state index is -0.584. The standard InChI is InChI=1S/C21H20O5/c1-12-18(13-5-7-14(24-2)8-6-13)16-10-9-15(25-3)11-17(16)20(22)19(12)21(23)26-4/h5-11,22H,1-4H3. The molecule has 0 heterocycles. The highest BCUT2D eigenvalue weighted by Crippen LogP contribution is 2.42. The van der Waals surface area contributed by atoms with Crippen molar-refractivity contribution in [1.29, 1.82) is 0 Å². The van der Waals surface area contributed by atoms with E-state index in [0.29, 0.717) is 16.7 Å². The molecule has 3 rings (SSSR count). The summed E-state index contributed by atoms with van der Waals surface area (Å²) in [4.78, 5) is 12.3. The Balaban J connectivity index is 2.40. The van der Waals surface area contributed by atoms with Gasteiger partial charge in [-0.3, -0.25) is 0 Å². The van der Waals surface area contributed by atoms with Gasteiger partial charge in [-0.15, -0.1) is 0 Å². The maximum absolute atomic E-state index is 12.3. The van der Waals surface area contributed by atoms with Crippen molar-refractivity contribution in [1.82, 2.24) is 0 Å². The molecular formula is C21H20O5. The van der Waals surface area contributed by atoms with Gasteiger partial charge in [0.25, 0.3) is 0 Å². The summed E-state index contributed by atoms with van der Waals surface area (Å²) in [7, 11) is 4.46. The minimum absolute atomic E-state index is 0.111. The molecule has 0 spiro atoms. The first kappa shape index (κ1) is 17.6. The first-order valence-corrected chi connectivity index (χ1v) is 8.07. The van der Waals surface area contributed by atoms with Gasteiger partial charge in [-0.1, -0.05) is 12.1 Å². The van der Waals surface area contributed by atoms with E-state index < -0.39 is 5.97 Å². The molecular weight excluding hydrogens is 332 g/mol. The van der Waals surface area contributed by atoms with Crippen molar-refractivity contribution >= 4 is 16.7 Å². The Hall–Kier alpha value is -3.21. The summed E-state index contributed by atoms with van der Waals surface area (Å²) < 4.78 is 15.4. The van der Waals surface area contributed by atoms with Gasteiger partial charge in [0.1, 0.15) is 22.8 Å². The molecule has 3 aromatic carbocycles. The normalized spacial score (nSPS) is 10.6. The summed E-state index contributed by atoms with van der Waals surface area (Å²) in [5.41, 5.74) is 2.56. The van der Waals surface area contributed by atoms with Crippen molar-refractivity contribution < 1.29 is 24.1 Å². The minimum Gasteiger partial charge on any atom is -0.506 e. The van der Waals surface area contributed by atoms with E-state index in [9.17, 15) is 9.90 Å². The molecule has 134 valence electrons. The van der Waals surface area contributed by atoms with E-state index in [1.165, 1.54) is 7.11 Å². The van der Waals surface area contributed by atoms with Crippen LogP contribution in [-0.2, 0) is 4.74 Å². The monoisotopic (exact) mass is 352 g/mol. The lowest BCUT2D eigenvalue weighted by Gasteiger charge is -2.17. The molecule has 5 nitrogen and oxygen atoms in total. The molecule has 0 aromatic heterocycles. The number of benzene rings is 3. The van der Waals surface area contributed by atoms with E-state index in [4.69, 9.17) is 14.2 Å². The fraction of sp³-hybridized carbons (Fsp3) is 0.190. The predicted molar refractivity (Wildman–Crippen MR) is 100 cm³/mol. The molecule has 0 aliphatic heterocycles. The van der Waals surface area contributed by atoms with Crippen LogP contribution in [0.1, 0.15) is 15.9 Å². The number of rotatable bonds is 4. The number of carbonyl (C=O) groups excluding carboxylic acids is 1. The lowest BCUT2D eigenvalue weighted by Crippen LogP contribution is -2.06. The predicted octanol–water partition coefficient (Wildman–Crippen LogP) is 4.32. The Kier molecular flexibility index (Phi) is 4.71. The van der Waals surface area contributed by atoms with Crippen molar-refractivity contribution in [2.24, 2.45) is 0 Å². The molecule has 5 heteroatoms. The number of hydrogen-bond acceptors (Lipinski definition) is 5. The molecule has 0 saturated carbocycles. The average Bonchev–Trinajstić information content (AvgIpc) is 2.68. The fourth-order valence-electron chi connectivity index (χ4n) is 3.19. The number of carbonyl (C=O) groups is 1. The van der Waals surface area contributed by atoms with Crippen LogP contribution in [0, 0.1) is 6.92 Å². The van der Waals surface area contributed by atoms with E-state index in [2.05, 4.69) is 0 Å². The highest BCUT2D eigenvalue weighted by molar-refractivity contribution is 6.10. The lowest BCUT2D eigenvalue weighted by atomic mass is 9.89. The largest absolute Gasteiger partial charge is 0.506 e. The summed E-state index contributed by atoms with van der Waals surface area (Å²) >= 11 is 0. The van der Waals surface area contributed by atoms with Crippen molar-refractivity contribution in [3.63, 3.8) is 0 Å². The third-order valence-electron chi connectivity index (χ3n) is 4.51. The van der Waals surface area contributed by atoms with Crippen LogP contribution in [-0.4, -0.2) is 32.4 Å². The average molecular weight is 352 g/mol. The molecule has 0 aliphatic carbocycles. The molecule has 1 N–H and O–H groups in total. The highest BCUT2D eigenvalue weighted by Gasteiger charge is 2.23. The summed E-state index contributed by atoms with van der Waals surface area (Å²) in [6.07, 6.45) is 0. The number of hydrogen-bond donors (Lipinski definition) is 1. The smallest absolute Gasteiger partial charge is 0.341 e. The van der Waals surface area contributed by atoms with Gasteiger partial charge in [0.05, 0.1) is 21.3 Å².